The van der Waals surface area contributed by atoms with E-state index in [0.717, 1.165) is 30.8 Å². The van der Waals surface area contributed by atoms with Gasteiger partial charge in [-0.2, -0.15) is 0 Å². The fraction of sp³-hybridized carbons (Fsp3) is 0.188. The summed E-state index contributed by atoms with van der Waals surface area (Å²) in [7, 11) is 0. The van der Waals surface area contributed by atoms with Crippen LogP contribution in [0.15, 0.2) is 45.3 Å². The molecule has 0 aliphatic rings. The van der Waals surface area contributed by atoms with Crippen LogP contribution in [0.5, 0.6) is 0 Å². The number of benzene rings is 2. The van der Waals surface area contributed by atoms with Crippen molar-refractivity contribution in [3.8, 4) is 0 Å². The largest absolute Gasteiger partial charge is 0.465 e. The highest BCUT2D eigenvalue weighted by Crippen LogP contribution is 2.32. The quantitative estimate of drug-likeness (QED) is 0.576. The van der Waals surface area contributed by atoms with Gasteiger partial charge in [0.05, 0.1) is 17.6 Å². The van der Waals surface area contributed by atoms with Crippen LogP contribution in [0.3, 0.4) is 0 Å². The van der Waals surface area contributed by atoms with Crippen LogP contribution >= 0.6 is 31.9 Å². The van der Waals surface area contributed by atoms with Crippen LogP contribution in [-0.4, -0.2) is 17.1 Å². The Bertz CT molecular complexity index is 780. The molecule has 0 N–H and O–H groups in total. The Morgan fingerprint density at radius 3 is 2.05 bits per heavy atom. The Morgan fingerprint density at radius 2 is 1.57 bits per heavy atom. The van der Waals surface area contributed by atoms with Crippen molar-refractivity contribution in [2.24, 2.45) is 0 Å². The molecule has 0 spiro atoms. The lowest BCUT2D eigenvalue weighted by Crippen LogP contribution is -2.13. The Labute approximate surface area is 139 Å². The SMILES string of the molecule is CCOC(=O)Cn1c2cc(Br)ccc2c2ccc(Br)cc21. The topological polar surface area (TPSA) is 31.2 Å². The van der Waals surface area contributed by atoms with Gasteiger partial charge < -0.3 is 9.30 Å². The predicted molar refractivity (Wildman–Crippen MR) is 91.5 cm³/mol. The molecule has 0 aliphatic carbocycles. The fourth-order valence-electron chi connectivity index (χ4n) is 2.55. The first-order valence-corrected chi connectivity index (χ1v) is 8.21. The third kappa shape index (κ3) is 2.72. The van der Waals surface area contributed by atoms with Crippen molar-refractivity contribution in [1.29, 1.82) is 0 Å². The van der Waals surface area contributed by atoms with Gasteiger partial charge in [0.1, 0.15) is 6.54 Å². The standard InChI is InChI=1S/C16H13Br2NO2/c1-2-21-16(20)9-19-14-7-10(17)3-5-12(14)13-6-4-11(18)8-15(13)19/h3-8H,2,9H2,1H3. The van der Waals surface area contributed by atoms with Crippen molar-refractivity contribution in [1.82, 2.24) is 4.57 Å². The molecule has 0 radical (unpaired) electrons. The normalized spacial score (nSPS) is 11.2. The lowest BCUT2D eigenvalue weighted by molar-refractivity contribution is -0.143. The first kappa shape index (κ1) is 14.6. The Kier molecular flexibility index (Phi) is 4.04. The van der Waals surface area contributed by atoms with Crippen LogP contribution in [0.1, 0.15) is 6.92 Å². The minimum absolute atomic E-state index is 0.209. The summed E-state index contributed by atoms with van der Waals surface area (Å²) in [6.07, 6.45) is 0. The number of aromatic nitrogens is 1. The molecule has 0 fully saturated rings. The van der Waals surface area contributed by atoms with Gasteiger partial charge in [-0.1, -0.05) is 44.0 Å². The molecule has 0 atom stereocenters. The van der Waals surface area contributed by atoms with E-state index in [0.29, 0.717) is 6.61 Å². The minimum Gasteiger partial charge on any atom is -0.465 e. The minimum atomic E-state index is -0.226. The molecule has 3 rings (SSSR count). The van der Waals surface area contributed by atoms with Gasteiger partial charge in [0.15, 0.2) is 0 Å². The van der Waals surface area contributed by atoms with E-state index in [-0.39, 0.29) is 12.5 Å². The van der Waals surface area contributed by atoms with Crippen molar-refractivity contribution in [3.63, 3.8) is 0 Å². The number of nitrogens with zero attached hydrogens (tertiary/aromatic N) is 1. The number of carbonyl (C=O) groups is 1. The molecule has 0 unspecified atom stereocenters. The molecule has 0 saturated carbocycles. The summed E-state index contributed by atoms with van der Waals surface area (Å²) in [5, 5.41) is 2.26. The van der Waals surface area contributed by atoms with Gasteiger partial charge in [-0.25, -0.2) is 0 Å². The second-order valence-corrected chi connectivity index (χ2v) is 6.55. The molecule has 21 heavy (non-hydrogen) atoms. The highest BCUT2D eigenvalue weighted by Gasteiger charge is 2.14. The summed E-state index contributed by atoms with van der Waals surface area (Å²) in [5.74, 6) is -0.226. The van der Waals surface area contributed by atoms with Crippen LogP contribution in [0.4, 0.5) is 0 Å². The van der Waals surface area contributed by atoms with Crippen LogP contribution < -0.4 is 0 Å². The van der Waals surface area contributed by atoms with Crippen molar-refractivity contribution < 1.29 is 9.53 Å². The van der Waals surface area contributed by atoms with Gasteiger partial charge in [0.25, 0.3) is 0 Å². The summed E-state index contributed by atoms with van der Waals surface area (Å²) in [5.41, 5.74) is 2.04. The number of hydrogen-bond donors (Lipinski definition) is 0. The van der Waals surface area contributed by atoms with E-state index < -0.39 is 0 Å². The van der Waals surface area contributed by atoms with Gasteiger partial charge in [0, 0.05) is 19.7 Å². The first-order valence-electron chi connectivity index (χ1n) is 6.63. The maximum Gasteiger partial charge on any atom is 0.325 e. The molecular weight excluding hydrogens is 398 g/mol. The average molecular weight is 411 g/mol. The second kappa shape index (κ2) is 5.81. The third-order valence-electron chi connectivity index (χ3n) is 3.38. The lowest BCUT2D eigenvalue weighted by Gasteiger charge is -2.07. The predicted octanol–water partition coefficient (Wildman–Crippen LogP) is 4.88. The molecule has 5 heteroatoms. The third-order valence-corrected chi connectivity index (χ3v) is 4.37. The zero-order valence-electron chi connectivity index (χ0n) is 11.4. The molecule has 0 aliphatic heterocycles. The summed E-state index contributed by atoms with van der Waals surface area (Å²) >= 11 is 6.99. The number of halogens is 2. The van der Waals surface area contributed by atoms with Gasteiger partial charge in [-0.15, -0.1) is 0 Å². The van der Waals surface area contributed by atoms with E-state index in [9.17, 15) is 4.79 Å². The smallest absolute Gasteiger partial charge is 0.325 e. The van der Waals surface area contributed by atoms with E-state index in [4.69, 9.17) is 4.74 Å². The molecule has 0 amide bonds. The maximum atomic E-state index is 11.9. The number of esters is 1. The van der Waals surface area contributed by atoms with Crippen LogP contribution in [0.2, 0.25) is 0 Å². The van der Waals surface area contributed by atoms with E-state index in [2.05, 4.69) is 44.0 Å². The highest BCUT2D eigenvalue weighted by atomic mass is 79.9. The summed E-state index contributed by atoms with van der Waals surface area (Å²) in [4.78, 5) is 11.9. The van der Waals surface area contributed by atoms with E-state index in [1.807, 2.05) is 35.8 Å². The zero-order chi connectivity index (χ0) is 15.0. The fourth-order valence-corrected chi connectivity index (χ4v) is 3.25. The molecule has 2 aromatic carbocycles. The molecule has 0 saturated heterocycles. The molecule has 3 nitrogen and oxygen atoms in total. The monoisotopic (exact) mass is 409 g/mol. The van der Waals surface area contributed by atoms with Crippen molar-refractivity contribution >= 4 is 59.6 Å². The maximum absolute atomic E-state index is 11.9. The van der Waals surface area contributed by atoms with E-state index in [1.165, 1.54) is 0 Å². The number of hydrogen-bond acceptors (Lipinski definition) is 2. The van der Waals surface area contributed by atoms with Gasteiger partial charge in [0.2, 0.25) is 0 Å². The Hall–Kier alpha value is -1.33. The molecule has 108 valence electrons. The van der Waals surface area contributed by atoms with Crippen molar-refractivity contribution in [3.05, 3.63) is 45.3 Å². The first-order chi connectivity index (χ1) is 10.1. The molecule has 1 aromatic heterocycles. The lowest BCUT2D eigenvalue weighted by atomic mass is 10.2. The Morgan fingerprint density at radius 1 is 1.05 bits per heavy atom. The molecular formula is C16H13Br2NO2. The van der Waals surface area contributed by atoms with Gasteiger partial charge >= 0.3 is 5.97 Å². The number of carbonyl (C=O) groups excluding carboxylic acids is 1. The highest BCUT2D eigenvalue weighted by molar-refractivity contribution is 9.10. The summed E-state index contributed by atoms with van der Waals surface area (Å²) < 4.78 is 9.06. The van der Waals surface area contributed by atoms with Crippen LogP contribution in [-0.2, 0) is 16.1 Å². The Balaban J connectivity index is 2.28. The van der Waals surface area contributed by atoms with Crippen molar-refractivity contribution in [2.75, 3.05) is 6.61 Å². The number of ether oxygens (including phenoxy) is 1. The van der Waals surface area contributed by atoms with Crippen LogP contribution in [0.25, 0.3) is 21.8 Å². The van der Waals surface area contributed by atoms with E-state index in [1.54, 1.807) is 0 Å². The zero-order valence-corrected chi connectivity index (χ0v) is 14.6. The van der Waals surface area contributed by atoms with Gasteiger partial charge in [-0.05, 0) is 31.2 Å². The molecule has 3 aromatic rings. The average Bonchev–Trinajstić information content (AvgIpc) is 2.72. The number of fused-ring (bicyclic) bond motifs is 3. The second-order valence-electron chi connectivity index (χ2n) is 4.71. The van der Waals surface area contributed by atoms with Gasteiger partial charge in [-0.3, -0.25) is 4.79 Å². The summed E-state index contributed by atoms with van der Waals surface area (Å²) in [6.45, 7) is 2.42. The molecule has 0 bridgehead atoms. The van der Waals surface area contributed by atoms with Crippen molar-refractivity contribution in [2.45, 2.75) is 13.5 Å². The number of rotatable bonds is 3. The molecule has 1 heterocycles. The summed E-state index contributed by atoms with van der Waals surface area (Å²) in [6, 6.07) is 12.2. The van der Waals surface area contributed by atoms with E-state index >= 15 is 0 Å². The van der Waals surface area contributed by atoms with Crippen LogP contribution in [0, 0.1) is 0 Å².